The fourth-order valence-electron chi connectivity index (χ4n) is 4.19. The van der Waals surface area contributed by atoms with Crippen LogP contribution < -0.4 is 16.4 Å². The summed E-state index contributed by atoms with van der Waals surface area (Å²) >= 11 is 0. The Labute approximate surface area is 235 Å². The number of hydrogen-bond acceptors (Lipinski definition) is 10. The van der Waals surface area contributed by atoms with Crippen LogP contribution in [0.1, 0.15) is 42.5 Å². The Morgan fingerprint density at radius 3 is 2.20 bits per heavy atom. The fraction of sp³-hybridized carbons (Fsp3) is 0.538. The zero-order valence-corrected chi connectivity index (χ0v) is 22.3. The van der Waals surface area contributed by atoms with Crippen LogP contribution in [0.2, 0.25) is 0 Å². The summed E-state index contributed by atoms with van der Waals surface area (Å²) < 4.78 is 5.67. The number of piperidine rings is 1. The number of primary amides is 1. The number of rotatable bonds is 16. The molecule has 226 valence electrons. The van der Waals surface area contributed by atoms with Crippen molar-refractivity contribution in [1.82, 2.24) is 15.5 Å². The highest BCUT2D eigenvalue weighted by Crippen LogP contribution is 2.17. The van der Waals surface area contributed by atoms with Crippen molar-refractivity contribution in [1.29, 1.82) is 0 Å². The first-order valence-electron chi connectivity index (χ1n) is 13.0. The Hall–Kier alpha value is -3.92. The third-order valence-corrected chi connectivity index (χ3v) is 6.48. The van der Waals surface area contributed by atoms with Gasteiger partial charge < -0.3 is 51.2 Å². The third kappa shape index (κ3) is 9.89. The molecule has 4 amide bonds. The number of carboxylic acids is 1. The van der Waals surface area contributed by atoms with Crippen molar-refractivity contribution in [2.24, 2.45) is 5.73 Å². The monoisotopic (exact) mass is 580 g/mol. The zero-order chi connectivity index (χ0) is 30.5. The number of nitrogens with two attached hydrogens (primary N) is 1. The summed E-state index contributed by atoms with van der Waals surface area (Å²) in [6.45, 7) is -0.508. The zero-order valence-electron chi connectivity index (χ0n) is 22.3. The third-order valence-electron chi connectivity index (χ3n) is 6.48. The summed E-state index contributed by atoms with van der Waals surface area (Å²) in [6.07, 6.45) is -6.80. The lowest BCUT2D eigenvalue weighted by Gasteiger charge is -2.35. The maximum atomic E-state index is 13.5. The normalized spacial score (nSPS) is 17.7. The molecule has 0 radical (unpaired) electrons. The van der Waals surface area contributed by atoms with E-state index in [1.165, 1.54) is 17.0 Å². The van der Waals surface area contributed by atoms with Gasteiger partial charge in [-0.3, -0.25) is 24.0 Å². The Balaban J connectivity index is 2.43. The van der Waals surface area contributed by atoms with E-state index in [2.05, 4.69) is 10.6 Å². The molecule has 1 saturated heterocycles. The molecule has 1 heterocycles. The first kappa shape index (κ1) is 33.3. The van der Waals surface area contributed by atoms with Crippen LogP contribution in [-0.4, -0.2) is 117 Å². The Morgan fingerprint density at radius 2 is 1.66 bits per heavy atom. The summed E-state index contributed by atoms with van der Waals surface area (Å²) in [5.74, 6) is -5.28. The maximum Gasteiger partial charge on any atom is 0.303 e. The second-order valence-electron chi connectivity index (χ2n) is 9.50. The van der Waals surface area contributed by atoms with Crippen LogP contribution in [0.3, 0.4) is 0 Å². The number of carbonyl (C=O) groups is 6. The average Bonchev–Trinajstić information content (AvgIpc) is 2.98. The van der Waals surface area contributed by atoms with Gasteiger partial charge in [-0.25, -0.2) is 0 Å². The SMILES string of the molecule is NC(=O)C(CCC(=O)O)NC(=O)C(O[C@@H]([C@H](O)[C@H](O)CO)[C@H](C=O)NC(=O)c1ccccc1)C(=O)N1CCCCC1. The van der Waals surface area contributed by atoms with Crippen LogP contribution in [-0.2, 0) is 28.7 Å². The molecule has 2 rings (SSSR count). The van der Waals surface area contributed by atoms with Gasteiger partial charge in [-0.2, -0.15) is 0 Å². The van der Waals surface area contributed by atoms with Crippen molar-refractivity contribution in [2.45, 2.75) is 68.6 Å². The number of amides is 4. The van der Waals surface area contributed by atoms with Gasteiger partial charge in [0.15, 0.2) is 0 Å². The van der Waals surface area contributed by atoms with Gasteiger partial charge >= 0.3 is 5.97 Å². The highest BCUT2D eigenvalue weighted by molar-refractivity contribution is 6.04. The summed E-state index contributed by atoms with van der Waals surface area (Å²) in [6, 6.07) is 4.38. The number of hydrogen-bond donors (Lipinski definition) is 7. The number of aliphatic hydroxyl groups excluding tert-OH is 3. The fourth-order valence-corrected chi connectivity index (χ4v) is 4.19. The molecule has 0 aromatic heterocycles. The minimum Gasteiger partial charge on any atom is -0.481 e. The number of carboxylic acid groups (broad SMARTS) is 1. The predicted molar refractivity (Wildman–Crippen MR) is 140 cm³/mol. The first-order chi connectivity index (χ1) is 19.5. The number of aliphatic carboxylic acids is 1. The van der Waals surface area contributed by atoms with E-state index in [0.29, 0.717) is 12.8 Å². The molecule has 6 atom stereocenters. The minimum atomic E-state index is -2.12. The molecule has 1 aromatic carbocycles. The number of aldehydes is 1. The van der Waals surface area contributed by atoms with Crippen LogP contribution >= 0.6 is 0 Å². The number of carbonyl (C=O) groups excluding carboxylic acids is 5. The van der Waals surface area contributed by atoms with Gasteiger partial charge in [-0.05, 0) is 37.8 Å². The predicted octanol–water partition coefficient (Wildman–Crippen LogP) is -2.70. The molecule has 8 N–H and O–H groups in total. The molecule has 0 spiro atoms. The highest BCUT2D eigenvalue weighted by atomic mass is 16.5. The van der Waals surface area contributed by atoms with Crippen molar-refractivity contribution in [2.75, 3.05) is 19.7 Å². The van der Waals surface area contributed by atoms with Crippen molar-refractivity contribution < 1.29 is 53.9 Å². The molecule has 0 aliphatic carbocycles. The van der Waals surface area contributed by atoms with Crippen molar-refractivity contribution >= 4 is 35.9 Å². The second kappa shape index (κ2) is 16.4. The molecular formula is C26H36N4O11. The molecule has 15 nitrogen and oxygen atoms in total. The first-order valence-corrected chi connectivity index (χ1v) is 13.0. The number of nitrogens with zero attached hydrogens (tertiary/aromatic N) is 1. The van der Waals surface area contributed by atoms with Crippen LogP contribution in [0.5, 0.6) is 0 Å². The van der Waals surface area contributed by atoms with Gasteiger partial charge in [0.2, 0.25) is 12.0 Å². The van der Waals surface area contributed by atoms with Crippen molar-refractivity contribution in [3.63, 3.8) is 0 Å². The number of nitrogens with one attached hydrogen (secondary N) is 2. The number of likely N-dealkylation sites (tertiary alicyclic amines) is 1. The van der Waals surface area contributed by atoms with E-state index >= 15 is 0 Å². The Morgan fingerprint density at radius 1 is 1.02 bits per heavy atom. The minimum absolute atomic E-state index is 0.122. The van der Waals surface area contributed by atoms with E-state index in [0.717, 1.165) is 6.42 Å². The van der Waals surface area contributed by atoms with Gasteiger partial charge in [0.25, 0.3) is 17.7 Å². The number of benzene rings is 1. The Bertz CT molecular complexity index is 1060. The largest absolute Gasteiger partial charge is 0.481 e. The Kier molecular flexibility index (Phi) is 13.3. The average molecular weight is 581 g/mol. The lowest BCUT2D eigenvalue weighted by molar-refractivity contribution is -0.172. The van der Waals surface area contributed by atoms with E-state index in [4.69, 9.17) is 15.6 Å². The molecule has 1 aliphatic rings. The molecular weight excluding hydrogens is 544 g/mol. The van der Waals surface area contributed by atoms with Crippen molar-refractivity contribution in [3.8, 4) is 0 Å². The quantitative estimate of drug-likeness (QED) is 0.0783. The molecule has 1 fully saturated rings. The van der Waals surface area contributed by atoms with Gasteiger partial charge in [-0.1, -0.05) is 18.2 Å². The number of aliphatic hydroxyl groups is 3. The molecule has 15 heteroatoms. The summed E-state index contributed by atoms with van der Waals surface area (Å²) in [7, 11) is 0. The van der Waals surface area contributed by atoms with Gasteiger partial charge in [0.05, 0.1) is 6.61 Å². The van der Waals surface area contributed by atoms with E-state index in [1.807, 2.05) is 0 Å². The second-order valence-corrected chi connectivity index (χ2v) is 9.50. The van der Waals surface area contributed by atoms with E-state index < -0.39 is 85.5 Å². The van der Waals surface area contributed by atoms with Gasteiger partial charge in [0.1, 0.15) is 36.7 Å². The maximum absolute atomic E-state index is 13.5. The molecule has 0 saturated carbocycles. The number of ether oxygens (including phenoxy) is 1. The van der Waals surface area contributed by atoms with Crippen LogP contribution in [0.25, 0.3) is 0 Å². The molecule has 41 heavy (non-hydrogen) atoms. The van der Waals surface area contributed by atoms with E-state index in [9.17, 15) is 44.1 Å². The summed E-state index contributed by atoms with van der Waals surface area (Å²) in [5, 5.41) is 43.8. The molecule has 1 aromatic rings. The summed E-state index contributed by atoms with van der Waals surface area (Å²) in [4.78, 5) is 75.8. The van der Waals surface area contributed by atoms with E-state index in [-0.39, 0.29) is 24.9 Å². The van der Waals surface area contributed by atoms with Gasteiger partial charge in [-0.15, -0.1) is 0 Å². The summed E-state index contributed by atoms with van der Waals surface area (Å²) in [5.41, 5.74) is 5.42. The van der Waals surface area contributed by atoms with Crippen molar-refractivity contribution in [3.05, 3.63) is 35.9 Å². The molecule has 2 unspecified atom stereocenters. The topological polar surface area (TPSA) is 246 Å². The highest BCUT2D eigenvalue weighted by Gasteiger charge is 2.42. The lowest BCUT2D eigenvalue weighted by atomic mass is 10.0. The lowest BCUT2D eigenvalue weighted by Crippen LogP contribution is -2.60. The smallest absolute Gasteiger partial charge is 0.303 e. The van der Waals surface area contributed by atoms with Crippen LogP contribution in [0.15, 0.2) is 30.3 Å². The standard InChI is InChI=1S/C26H36N4O11/c27-23(37)16(9-10-19(34)35)28-25(39)22(26(40)30-11-5-2-6-12-30)41-21(20(36)18(33)14-32)17(13-31)29-24(38)15-7-3-1-4-8-15/h1,3-4,7-8,13,16-18,20-22,32-33,36H,2,5-6,9-12,14H2,(H2,27,37)(H,28,39)(H,29,38)(H,34,35)/t16?,17-,18+,20+,21+,22?/m0/s1. The molecule has 1 aliphatic heterocycles. The van der Waals surface area contributed by atoms with Gasteiger partial charge in [0, 0.05) is 25.1 Å². The van der Waals surface area contributed by atoms with Crippen LogP contribution in [0, 0.1) is 0 Å². The van der Waals surface area contributed by atoms with Crippen LogP contribution in [0.4, 0.5) is 0 Å². The van der Waals surface area contributed by atoms with E-state index in [1.54, 1.807) is 18.2 Å². The molecule has 0 bridgehead atoms.